The van der Waals surface area contributed by atoms with Gasteiger partial charge in [0.25, 0.3) is 0 Å². The number of nitrogens with two attached hydrogens (primary N) is 1. The molecule has 2 rings (SSSR count). The van der Waals surface area contributed by atoms with Gasteiger partial charge < -0.3 is 10.7 Å². The first kappa shape index (κ1) is 7.68. The third-order valence-corrected chi connectivity index (χ3v) is 2.56. The molecule has 2 aromatic rings. The van der Waals surface area contributed by atoms with E-state index in [0.29, 0.717) is 0 Å². The maximum atomic E-state index is 5.73. The summed E-state index contributed by atoms with van der Waals surface area (Å²) in [5.74, 6) is 0. The lowest BCUT2D eigenvalue weighted by atomic mass is 10.2. The molecule has 0 aliphatic carbocycles. The van der Waals surface area contributed by atoms with Gasteiger partial charge in [0.2, 0.25) is 0 Å². The zero-order chi connectivity index (χ0) is 8.72. The highest BCUT2D eigenvalue weighted by Crippen LogP contribution is 2.26. The van der Waals surface area contributed by atoms with Crippen molar-refractivity contribution in [1.82, 2.24) is 4.98 Å². The van der Waals surface area contributed by atoms with Crippen LogP contribution in [0.25, 0.3) is 10.9 Å². The summed E-state index contributed by atoms with van der Waals surface area (Å²) in [5, 5.41) is 1.16. The second-order valence-corrected chi connectivity index (χ2v) is 3.77. The molecule has 0 unspecified atom stereocenters. The van der Waals surface area contributed by atoms with Gasteiger partial charge in [-0.05, 0) is 41.1 Å². The van der Waals surface area contributed by atoms with Gasteiger partial charge in [-0.15, -0.1) is 0 Å². The molecule has 0 radical (unpaired) electrons. The number of H-pyrrole nitrogens is 1. The minimum absolute atomic E-state index is 0.779. The number of hydrogen-bond acceptors (Lipinski definition) is 1. The van der Waals surface area contributed by atoms with Crippen LogP contribution in [0.15, 0.2) is 22.7 Å². The number of anilines is 1. The van der Waals surface area contributed by atoms with Crippen LogP contribution in [0.5, 0.6) is 0 Å². The Morgan fingerprint density at radius 2 is 2.08 bits per heavy atom. The third-order valence-electron chi connectivity index (χ3n) is 1.87. The number of nitrogens with one attached hydrogen (secondary N) is 1. The SMILES string of the molecule is Cc1cc2cc(N)c(Br)cc2[nH]1. The average molecular weight is 225 g/mol. The highest BCUT2D eigenvalue weighted by molar-refractivity contribution is 9.10. The summed E-state index contributed by atoms with van der Waals surface area (Å²) in [5.41, 5.74) is 8.79. The number of benzene rings is 1. The topological polar surface area (TPSA) is 41.8 Å². The molecule has 12 heavy (non-hydrogen) atoms. The summed E-state index contributed by atoms with van der Waals surface area (Å²) < 4.78 is 0.942. The highest BCUT2D eigenvalue weighted by Gasteiger charge is 2.00. The lowest BCUT2D eigenvalue weighted by Crippen LogP contribution is -1.85. The molecule has 2 nitrogen and oxygen atoms in total. The van der Waals surface area contributed by atoms with E-state index in [1.54, 1.807) is 0 Å². The van der Waals surface area contributed by atoms with Gasteiger partial charge in [0, 0.05) is 26.8 Å². The molecule has 0 atom stereocenters. The first-order chi connectivity index (χ1) is 5.66. The molecular formula is C9H9BrN2. The van der Waals surface area contributed by atoms with Crippen LogP contribution < -0.4 is 5.73 Å². The minimum atomic E-state index is 0.779. The molecule has 0 amide bonds. The van der Waals surface area contributed by atoms with E-state index in [9.17, 15) is 0 Å². The molecule has 0 saturated carbocycles. The van der Waals surface area contributed by atoms with Gasteiger partial charge in [-0.1, -0.05) is 0 Å². The molecule has 0 aliphatic rings. The molecule has 0 aliphatic heterocycles. The molecule has 1 aromatic heterocycles. The summed E-state index contributed by atoms with van der Waals surface area (Å²) in [7, 11) is 0. The summed E-state index contributed by atoms with van der Waals surface area (Å²) >= 11 is 3.38. The number of aromatic amines is 1. The van der Waals surface area contributed by atoms with E-state index in [4.69, 9.17) is 5.73 Å². The van der Waals surface area contributed by atoms with Gasteiger partial charge in [-0.3, -0.25) is 0 Å². The first-order valence-corrected chi connectivity index (χ1v) is 4.50. The van der Waals surface area contributed by atoms with Crippen molar-refractivity contribution in [2.75, 3.05) is 5.73 Å². The van der Waals surface area contributed by atoms with Crippen LogP contribution in [-0.4, -0.2) is 4.98 Å². The van der Waals surface area contributed by atoms with Gasteiger partial charge in [0.1, 0.15) is 0 Å². The van der Waals surface area contributed by atoms with Crippen LogP contribution in [-0.2, 0) is 0 Å². The fraction of sp³-hybridized carbons (Fsp3) is 0.111. The number of rotatable bonds is 0. The fourth-order valence-corrected chi connectivity index (χ4v) is 1.66. The van der Waals surface area contributed by atoms with Crippen molar-refractivity contribution in [3.8, 4) is 0 Å². The Morgan fingerprint density at radius 1 is 1.33 bits per heavy atom. The number of aromatic nitrogens is 1. The second-order valence-electron chi connectivity index (χ2n) is 2.91. The molecule has 0 fully saturated rings. The molecule has 62 valence electrons. The number of nitrogen functional groups attached to an aromatic ring is 1. The Kier molecular flexibility index (Phi) is 1.61. The Morgan fingerprint density at radius 3 is 2.83 bits per heavy atom. The van der Waals surface area contributed by atoms with Crippen molar-refractivity contribution in [2.45, 2.75) is 6.92 Å². The number of halogens is 1. The van der Waals surface area contributed by atoms with Crippen LogP contribution in [0.1, 0.15) is 5.69 Å². The second kappa shape index (κ2) is 2.52. The van der Waals surface area contributed by atoms with Gasteiger partial charge >= 0.3 is 0 Å². The van der Waals surface area contributed by atoms with Crippen molar-refractivity contribution in [1.29, 1.82) is 0 Å². The van der Waals surface area contributed by atoms with E-state index < -0.39 is 0 Å². The van der Waals surface area contributed by atoms with Gasteiger partial charge in [0.15, 0.2) is 0 Å². The Bertz CT molecular complexity index is 392. The molecule has 1 heterocycles. The van der Waals surface area contributed by atoms with Crippen molar-refractivity contribution >= 4 is 32.5 Å². The zero-order valence-electron chi connectivity index (χ0n) is 6.69. The third kappa shape index (κ3) is 1.10. The Hall–Kier alpha value is -0.960. The molecule has 0 bridgehead atoms. The zero-order valence-corrected chi connectivity index (χ0v) is 8.27. The molecule has 0 saturated heterocycles. The standard InChI is InChI=1S/C9H9BrN2/c1-5-2-6-3-8(11)7(10)4-9(6)12-5/h2-4,12H,11H2,1H3. The summed E-state index contributed by atoms with van der Waals surface area (Å²) in [4.78, 5) is 3.24. The van der Waals surface area contributed by atoms with E-state index in [1.165, 1.54) is 0 Å². The Labute approximate surface area is 78.9 Å². The predicted molar refractivity (Wildman–Crippen MR) is 55.1 cm³/mol. The van der Waals surface area contributed by atoms with Crippen LogP contribution in [0.4, 0.5) is 5.69 Å². The fourth-order valence-electron chi connectivity index (χ4n) is 1.32. The first-order valence-electron chi connectivity index (χ1n) is 3.71. The predicted octanol–water partition coefficient (Wildman–Crippen LogP) is 2.82. The maximum absolute atomic E-state index is 5.73. The molecule has 3 heteroatoms. The van der Waals surface area contributed by atoms with Crippen LogP contribution in [0.3, 0.4) is 0 Å². The van der Waals surface area contributed by atoms with E-state index in [0.717, 1.165) is 26.8 Å². The Balaban J connectivity index is 2.83. The number of aryl methyl sites for hydroxylation is 1. The summed E-state index contributed by atoms with van der Waals surface area (Å²) in [6.45, 7) is 2.03. The van der Waals surface area contributed by atoms with Crippen molar-refractivity contribution < 1.29 is 0 Å². The van der Waals surface area contributed by atoms with E-state index in [2.05, 4.69) is 27.0 Å². The molecule has 1 aromatic carbocycles. The largest absolute Gasteiger partial charge is 0.398 e. The van der Waals surface area contributed by atoms with Crippen LogP contribution in [0.2, 0.25) is 0 Å². The molecule has 3 N–H and O–H groups in total. The van der Waals surface area contributed by atoms with Crippen molar-refractivity contribution in [3.05, 3.63) is 28.4 Å². The van der Waals surface area contributed by atoms with Crippen molar-refractivity contribution in [3.63, 3.8) is 0 Å². The van der Waals surface area contributed by atoms with Gasteiger partial charge in [-0.2, -0.15) is 0 Å². The van der Waals surface area contributed by atoms with Crippen molar-refractivity contribution in [2.24, 2.45) is 0 Å². The smallest absolute Gasteiger partial charge is 0.0468 e. The van der Waals surface area contributed by atoms with E-state index in [-0.39, 0.29) is 0 Å². The number of hydrogen-bond donors (Lipinski definition) is 2. The van der Waals surface area contributed by atoms with E-state index in [1.807, 2.05) is 19.1 Å². The van der Waals surface area contributed by atoms with Gasteiger partial charge in [-0.25, -0.2) is 0 Å². The average Bonchev–Trinajstić information content (AvgIpc) is 2.30. The molecular weight excluding hydrogens is 216 g/mol. The lowest BCUT2D eigenvalue weighted by Gasteiger charge is -1.96. The number of fused-ring (bicyclic) bond motifs is 1. The monoisotopic (exact) mass is 224 g/mol. The van der Waals surface area contributed by atoms with Crippen LogP contribution >= 0.6 is 15.9 Å². The summed E-state index contributed by atoms with van der Waals surface area (Å²) in [6, 6.07) is 6.04. The maximum Gasteiger partial charge on any atom is 0.0468 e. The quantitative estimate of drug-likeness (QED) is 0.665. The molecule has 0 spiro atoms. The highest BCUT2D eigenvalue weighted by atomic mass is 79.9. The van der Waals surface area contributed by atoms with E-state index >= 15 is 0 Å². The summed E-state index contributed by atoms with van der Waals surface area (Å²) in [6.07, 6.45) is 0. The van der Waals surface area contributed by atoms with Crippen LogP contribution in [0, 0.1) is 6.92 Å². The lowest BCUT2D eigenvalue weighted by molar-refractivity contribution is 1.30. The normalized spacial score (nSPS) is 10.8. The van der Waals surface area contributed by atoms with Gasteiger partial charge in [0.05, 0.1) is 0 Å². The minimum Gasteiger partial charge on any atom is -0.398 e.